The van der Waals surface area contributed by atoms with Crippen LogP contribution in [0.2, 0.25) is 0 Å². The summed E-state index contributed by atoms with van der Waals surface area (Å²) in [5, 5.41) is 4.94. The second kappa shape index (κ2) is 6.42. The molecular formula is C17H21N3O3. The highest BCUT2D eigenvalue weighted by Gasteiger charge is 2.19. The molecule has 0 spiro atoms. The Balaban J connectivity index is 2.06. The molecule has 1 aromatic carbocycles. The van der Waals surface area contributed by atoms with Crippen molar-refractivity contribution >= 4 is 16.7 Å². The van der Waals surface area contributed by atoms with Crippen LogP contribution in [-0.4, -0.2) is 36.2 Å². The van der Waals surface area contributed by atoms with E-state index in [1.54, 1.807) is 18.3 Å². The molecule has 6 nitrogen and oxygen atoms in total. The van der Waals surface area contributed by atoms with Crippen LogP contribution in [0.15, 0.2) is 24.4 Å². The lowest BCUT2D eigenvalue weighted by Crippen LogP contribution is -2.20. The van der Waals surface area contributed by atoms with Crippen LogP contribution < -0.4 is 20.5 Å². The summed E-state index contributed by atoms with van der Waals surface area (Å²) in [7, 11) is 0. The summed E-state index contributed by atoms with van der Waals surface area (Å²) in [6.45, 7) is 5.56. The van der Waals surface area contributed by atoms with Crippen LogP contribution in [0.25, 0.3) is 10.8 Å². The second-order valence-electron chi connectivity index (χ2n) is 5.95. The smallest absolute Gasteiger partial charge is 0.252 e. The first-order valence-electron chi connectivity index (χ1n) is 7.81. The number of rotatable bonds is 5. The van der Waals surface area contributed by atoms with Gasteiger partial charge in [-0.25, -0.2) is 4.98 Å². The zero-order valence-corrected chi connectivity index (χ0v) is 13.3. The molecule has 1 atom stereocenters. The fourth-order valence-electron chi connectivity index (χ4n) is 2.70. The highest BCUT2D eigenvalue weighted by molar-refractivity contribution is 6.01. The number of fused-ring (bicyclic) bond motifs is 1. The molecule has 1 aliphatic heterocycles. The van der Waals surface area contributed by atoms with Gasteiger partial charge in [-0.05, 0) is 50.4 Å². The molecule has 0 bridgehead atoms. The monoisotopic (exact) mass is 315 g/mol. The van der Waals surface area contributed by atoms with E-state index in [1.165, 1.54) is 0 Å². The molecule has 23 heavy (non-hydrogen) atoms. The molecule has 0 aliphatic carbocycles. The van der Waals surface area contributed by atoms with Crippen molar-refractivity contribution in [2.45, 2.75) is 32.5 Å². The van der Waals surface area contributed by atoms with Crippen LogP contribution in [0.4, 0.5) is 0 Å². The highest BCUT2D eigenvalue weighted by Crippen LogP contribution is 2.32. The van der Waals surface area contributed by atoms with Gasteiger partial charge in [-0.2, -0.15) is 0 Å². The average Bonchev–Trinajstić information content (AvgIpc) is 2.99. The minimum Gasteiger partial charge on any atom is -0.490 e. The van der Waals surface area contributed by atoms with Crippen molar-refractivity contribution < 1.29 is 14.3 Å². The predicted octanol–water partition coefficient (Wildman–Crippen LogP) is 1.86. The maximum Gasteiger partial charge on any atom is 0.252 e. The maximum absolute atomic E-state index is 11.7. The number of ether oxygens (including phenoxy) is 2. The topological polar surface area (TPSA) is 86.5 Å². The lowest BCUT2D eigenvalue weighted by molar-refractivity contribution is 0.0994. The van der Waals surface area contributed by atoms with Crippen LogP contribution in [0, 0.1) is 0 Å². The first-order chi connectivity index (χ1) is 11.0. The van der Waals surface area contributed by atoms with Crippen LogP contribution in [0.1, 0.15) is 30.6 Å². The SMILES string of the molecule is CC(C)Oc1cc2c(O[C@H]3CCNC3)nccc2cc1C(N)=O. The minimum atomic E-state index is -0.512. The molecule has 6 heteroatoms. The molecule has 2 aromatic rings. The van der Waals surface area contributed by atoms with Crippen molar-refractivity contribution in [1.82, 2.24) is 10.3 Å². The predicted molar refractivity (Wildman–Crippen MR) is 87.9 cm³/mol. The summed E-state index contributed by atoms with van der Waals surface area (Å²) >= 11 is 0. The van der Waals surface area contributed by atoms with Crippen molar-refractivity contribution in [3.63, 3.8) is 0 Å². The first kappa shape index (κ1) is 15.6. The number of hydrogen-bond donors (Lipinski definition) is 2. The number of aromatic nitrogens is 1. The fraction of sp³-hybridized carbons (Fsp3) is 0.412. The fourth-order valence-corrected chi connectivity index (χ4v) is 2.70. The largest absolute Gasteiger partial charge is 0.490 e. The van der Waals surface area contributed by atoms with Gasteiger partial charge in [0.25, 0.3) is 5.91 Å². The van der Waals surface area contributed by atoms with Crippen LogP contribution in [-0.2, 0) is 0 Å². The third kappa shape index (κ3) is 3.37. The number of nitrogens with one attached hydrogen (secondary N) is 1. The van der Waals surface area contributed by atoms with Crippen LogP contribution >= 0.6 is 0 Å². The molecule has 3 N–H and O–H groups in total. The zero-order chi connectivity index (χ0) is 16.4. The molecule has 1 aliphatic rings. The van der Waals surface area contributed by atoms with Gasteiger partial charge in [0, 0.05) is 18.1 Å². The Kier molecular flexibility index (Phi) is 4.34. The van der Waals surface area contributed by atoms with Crippen molar-refractivity contribution in [2.24, 2.45) is 5.73 Å². The molecule has 1 amide bonds. The van der Waals surface area contributed by atoms with Crippen molar-refractivity contribution in [3.8, 4) is 11.6 Å². The number of amides is 1. The molecule has 0 unspecified atom stereocenters. The minimum absolute atomic E-state index is 0.0642. The summed E-state index contributed by atoms with van der Waals surface area (Å²) in [5.41, 5.74) is 5.84. The Bertz CT molecular complexity index is 724. The number of pyridine rings is 1. The van der Waals surface area contributed by atoms with Gasteiger partial charge in [0.15, 0.2) is 0 Å². The quantitative estimate of drug-likeness (QED) is 0.879. The van der Waals surface area contributed by atoms with Crippen LogP contribution in [0.5, 0.6) is 11.6 Å². The zero-order valence-electron chi connectivity index (χ0n) is 13.3. The summed E-state index contributed by atoms with van der Waals surface area (Å²) < 4.78 is 11.7. The van der Waals surface area contributed by atoms with E-state index in [2.05, 4.69) is 10.3 Å². The van der Waals surface area contributed by atoms with E-state index >= 15 is 0 Å². The molecule has 2 heterocycles. The van der Waals surface area contributed by atoms with E-state index < -0.39 is 5.91 Å². The van der Waals surface area contributed by atoms with E-state index in [-0.39, 0.29) is 12.2 Å². The van der Waals surface area contributed by atoms with E-state index in [1.807, 2.05) is 19.9 Å². The first-order valence-corrected chi connectivity index (χ1v) is 7.81. The molecule has 122 valence electrons. The summed E-state index contributed by atoms with van der Waals surface area (Å²) in [4.78, 5) is 16.0. The van der Waals surface area contributed by atoms with Gasteiger partial charge in [0.2, 0.25) is 5.88 Å². The van der Waals surface area contributed by atoms with Gasteiger partial charge in [-0.15, -0.1) is 0 Å². The number of nitrogens with zero attached hydrogens (tertiary/aromatic N) is 1. The van der Waals surface area contributed by atoms with Crippen molar-refractivity contribution in [1.29, 1.82) is 0 Å². The molecular weight excluding hydrogens is 294 g/mol. The van der Waals surface area contributed by atoms with Gasteiger partial charge < -0.3 is 20.5 Å². The molecule has 1 fully saturated rings. The van der Waals surface area contributed by atoms with E-state index in [9.17, 15) is 4.79 Å². The van der Waals surface area contributed by atoms with E-state index in [4.69, 9.17) is 15.2 Å². The lowest BCUT2D eigenvalue weighted by atomic mass is 10.1. The number of carbonyl (C=O) groups excluding carboxylic acids is 1. The van der Waals surface area contributed by atoms with E-state index in [0.29, 0.717) is 17.2 Å². The molecule has 1 saturated heterocycles. The number of hydrogen-bond acceptors (Lipinski definition) is 5. The Morgan fingerprint density at radius 1 is 1.43 bits per heavy atom. The number of benzene rings is 1. The summed E-state index contributed by atoms with van der Waals surface area (Å²) in [6.07, 6.45) is 2.67. The number of nitrogens with two attached hydrogens (primary N) is 1. The molecule has 0 radical (unpaired) electrons. The molecule has 3 rings (SSSR count). The average molecular weight is 315 g/mol. The van der Waals surface area contributed by atoms with Gasteiger partial charge >= 0.3 is 0 Å². The van der Waals surface area contributed by atoms with Gasteiger partial charge in [-0.3, -0.25) is 4.79 Å². The summed E-state index contributed by atoms with van der Waals surface area (Å²) in [5.74, 6) is 0.505. The standard InChI is InChI=1S/C17H21N3O3/c1-10(2)22-15-8-13-11(7-14(15)16(18)21)3-6-20-17(13)23-12-4-5-19-9-12/h3,6-8,10,12,19H,4-5,9H2,1-2H3,(H2,18,21)/t12-/m0/s1. The molecule has 0 saturated carbocycles. The Hall–Kier alpha value is -2.34. The van der Waals surface area contributed by atoms with Crippen molar-refractivity contribution in [2.75, 3.05) is 13.1 Å². The van der Waals surface area contributed by atoms with Gasteiger partial charge in [-0.1, -0.05) is 0 Å². The van der Waals surface area contributed by atoms with Crippen LogP contribution in [0.3, 0.4) is 0 Å². The lowest BCUT2D eigenvalue weighted by Gasteiger charge is -2.17. The molecule has 1 aromatic heterocycles. The third-order valence-electron chi connectivity index (χ3n) is 3.75. The third-order valence-corrected chi connectivity index (χ3v) is 3.75. The summed E-state index contributed by atoms with van der Waals surface area (Å²) in [6, 6.07) is 5.36. The van der Waals surface area contributed by atoms with Crippen molar-refractivity contribution in [3.05, 3.63) is 30.0 Å². The Morgan fingerprint density at radius 2 is 2.26 bits per heavy atom. The second-order valence-corrected chi connectivity index (χ2v) is 5.95. The van der Waals surface area contributed by atoms with E-state index in [0.717, 1.165) is 30.3 Å². The highest BCUT2D eigenvalue weighted by atomic mass is 16.5. The van der Waals surface area contributed by atoms with Gasteiger partial charge in [0.1, 0.15) is 11.9 Å². The maximum atomic E-state index is 11.7. The normalized spacial score (nSPS) is 17.6. The Morgan fingerprint density at radius 3 is 2.91 bits per heavy atom. The number of primary amides is 1. The Labute approximate surface area is 135 Å². The van der Waals surface area contributed by atoms with Gasteiger partial charge in [0.05, 0.1) is 11.7 Å². The number of carbonyl (C=O) groups is 1.